The number of pyridine rings is 1. The molecule has 3 heterocycles. The number of alkyl halides is 3. The molecule has 0 bridgehead atoms. The summed E-state index contributed by atoms with van der Waals surface area (Å²) in [6.07, 6.45) is -3.52. The molecule has 2 aromatic heterocycles. The molecule has 0 amide bonds. The highest BCUT2D eigenvalue weighted by Crippen LogP contribution is 2.40. The third kappa shape index (κ3) is 5.72. The number of aromatic nitrogens is 5. The summed E-state index contributed by atoms with van der Waals surface area (Å²) in [4.78, 5) is 12.4. The topological polar surface area (TPSA) is 211 Å². The van der Waals surface area contributed by atoms with Crippen molar-refractivity contribution >= 4 is 36.7 Å². The molecule has 0 atom stereocenters. The number of carboxylic acid groups (broad SMARTS) is 1. The first kappa shape index (κ1) is 28.0. The lowest BCUT2D eigenvalue weighted by molar-refractivity contribution is -0.192. The van der Waals surface area contributed by atoms with Crippen LogP contribution in [0.25, 0.3) is 33.4 Å². The van der Waals surface area contributed by atoms with Gasteiger partial charge in [0.15, 0.2) is 9.84 Å². The van der Waals surface area contributed by atoms with E-state index >= 15 is 0 Å². The molecular weight excluding hydrogens is 567 g/mol. The Bertz CT molecular complexity index is 1760. The van der Waals surface area contributed by atoms with Crippen molar-refractivity contribution in [3.63, 3.8) is 0 Å². The summed E-state index contributed by atoms with van der Waals surface area (Å²) in [7, 11) is -8.49. The highest BCUT2D eigenvalue weighted by Gasteiger charge is 2.39. The number of primary sulfonamides is 1. The standard InChI is InChI=1S/C19H17N7O4S2.C2HF3O2/c20-32(29,30)18-16(31(27,28)13-9-21-10-13)6-5-14(17(18)19-23-25-26-24-19)12-7-11-3-1-2-4-15(11)22-8-12;3-2(4,5)1(6)7/h1-8,13,21H,9-10H2,(H2,20,29,30)(H,23,24,25,26);(H,6,7). The van der Waals surface area contributed by atoms with Gasteiger partial charge in [-0.3, -0.25) is 4.98 Å². The van der Waals surface area contributed by atoms with Crippen LogP contribution in [0.2, 0.25) is 0 Å². The molecule has 1 fully saturated rings. The number of carboxylic acids is 1. The van der Waals surface area contributed by atoms with Gasteiger partial charge < -0.3 is 10.4 Å². The minimum atomic E-state index is -5.08. The molecule has 5 N–H and O–H groups in total. The number of rotatable bonds is 5. The lowest BCUT2D eigenvalue weighted by Crippen LogP contribution is -2.51. The van der Waals surface area contributed by atoms with Gasteiger partial charge in [-0.15, -0.1) is 10.2 Å². The molecule has 0 saturated carbocycles. The number of benzene rings is 2. The van der Waals surface area contributed by atoms with Crippen LogP contribution in [0.4, 0.5) is 13.2 Å². The summed E-state index contributed by atoms with van der Waals surface area (Å²) < 4.78 is 83.6. The fourth-order valence-corrected chi connectivity index (χ4v) is 6.86. The van der Waals surface area contributed by atoms with E-state index in [0.29, 0.717) is 11.1 Å². The predicted octanol–water partition coefficient (Wildman–Crippen LogP) is 1.11. The Morgan fingerprint density at radius 1 is 1.08 bits per heavy atom. The number of H-pyrrole nitrogens is 1. The second-order valence-electron chi connectivity index (χ2n) is 8.14. The van der Waals surface area contributed by atoms with Crippen molar-refractivity contribution < 1.29 is 39.9 Å². The molecular formula is C21H18F3N7O6S2. The summed E-state index contributed by atoms with van der Waals surface area (Å²) in [6, 6.07) is 12.0. The summed E-state index contributed by atoms with van der Waals surface area (Å²) in [5.74, 6) is -2.85. The molecule has 5 rings (SSSR count). The SMILES string of the molecule is NS(=O)(=O)c1c(S(=O)(=O)C2CNC2)ccc(-c2cnc3ccccc3c2)c1-c1nn[nH]n1.O=C(O)C(F)(F)F. The van der Waals surface area contributed by atoms with E-state index in [1.807, 2.05) is 30.3 Å². The van der Waals surface area contributed by atoms with E-state index in [1.54, 1.807) is 6.20 Å². The number of aliphatic carboxylic acids is 1. The molecule has 39 heavy (non-hydrogen) atoms. The van der Waals surface area contributed by atoms with Gasteiger partial charge >= 0.3 is 12.1 Å². The Kier molecular flexibility index (Phi) is 7.39. The number of sulfonamides is 1. The van der Waals surface area contributed by atoms with Crippen molar-refractivity contribution in [2.24, 2.45) is 5.14 Å². The normalized spacial score (nSPS) is 14.4. The number of sulfone groups is 1. The van der Waals surface area contributed by atoms with Crippen LogP contribution >= 0.6 is 0 Å². The maximum absolute atomic E-state index is 13.2. The first-order valence-electron chi connectivity index (χ1n) is 10.7. The van der Waals surface area contributed by atoms with Gasteiger partial charge in [0.2, 0.25) is 15.8 Å². The molecule has 13 nitrogen and oxygen atoms in total. The number of fused-ring (bicyclic) bond motifs is 1. The van der Waals surface area contributed by atoms with E-state index in [-0.39, 0.29) is 29.4 Å². The van der Waals surface area contributed by atoms with Crippen molar-refractivity contribution in [1.29, 1.82) is 0 Å². The Balaban J connectivity index is 0.000000448. The quantitative estimate of drug-likeness (QED) is 0.260. The van der Waals surface area contributed by atoms with Crippen LogP contribution < -0.4 is 10.5 Å². The summed E-state index contributed by atoms with van der Waals surface area (Å²) >= 11 is 0. The average molecular weight is 586 g/mol. The van der Waals surface area contributed by atoms with Crippen molar-refractivity contribution in [3.05, 3.63) is 48.7 Å². The molecule has 206 valence electrons. The van der Waals surface area contributed by atoms with E-state index in [9.17, 15) is 30.0 Å². The number of carbonyl (C=O) groups is 1. The number of para-hydroxylation sites is 1. The molecule has 4 aromatic rings. The van der Waals surface area contributed by atoms with Crippen LogP contribution in [0.5, 0.6) is 0 Å². The van der Waals surface area contributed by atoms with E-state index in [2.05, 4.69) is 30.9 Å². The summed E-state index contributed by atoms with van der Waals surface area (Å²) in [6.45, 7) is 0.445. The molecule has 2 aromatic carbocycles. The van der Waals surface area contributed by atoms with E-state index < -0.39 is 42.2 Å². The third-order valence-electron chi connectivity index (χ3n) is 5.61. The largest absolute Gasteiger partial charge is 0.490 e. The van der Waals surface area contributed by atoms with Crippen LogP contribution in [-0.4, -0.2) is 78.0 Å². The van der Waals surface area contributed by atoms with E-state index in [4.69, 9.17) is 15.0 Å². The van der Waals surface area contributed by atoms with E-state index in [1.165, 1.54) is 12.1 Å². The second kappa shape index (κ2) is 10.3. The Labute approximate surface area is 218 Å². The Morgan fingerprint density at radius 2 is 1.74 bits per heavy atom. The van der Waals surface area contributed by atoms with Gasteiger partial charge in [0.05, 0.1) is 21.2 Å². The molecule has 18 heteroatoms. The second-order valence-corrected chi connectivity index (χ2v) is 11.8. The zero-order valence-corrected chi connectivity index (χ0v) is 21.0. The highest BCUT2D eigenvalue weighted by atomic mass is 32.2. The van der Waals surface area contributed by atoms with Crippen LogP contribution in [0.15, 0.2) is 58.5 Å². The average Bonchev–Trinajstić information content (AvgIpc) is 3.35. The maximum atomic E-state index is 13.2. The molecule has 0 aliphatic carbocycles. The summed E-state index contributed by atoms with van der Waals surface area (Å²) in [5, 5.41) is 29.2. The third-order valence-corrected chi connectivity index (χ3v) is 8.89. The Hall–Kier alpha value is -4.00. The lowest BCUT2D eigenvalue weighted by atomic mass is 9.99. The number of hydrogen-bond acceptors (Lipinski definition) is 10. The summed E-state index contributed by atoms with van der Waals surface area (Å²) in [5.41, 5.74) is 1.61. The van der Waals surface area contributed by atoms with Gasteiger partial charge in [0.25, 0.3) is 0 Å². The van der Waals surface area contributed by atoms with E-state index in [0.717, 1.165) is 10.9 Å². The van der Waals surface area contributed by atoms with Gasteiger partial charge in [-0.05, 0) is 29.0 Å². The molecule has 0 spiro atoms. The monoisotopic (exact) mass is 585 g/mol. The minimum absolute atomic E-state index is 0.0494. The zero-order chi connectivity index (χ0) is 28.6. The van der Waals surface area contributed by atoms with Crippen LogP contribution in [0, 0.1) is 0 Å². The lowest BCUT2D eigenvalue weighted by Gasteiger charge is -2.28. The van der Waals surface area contributed by atoms with Crippen LogP contribution in [-0.2, 0) is 24.7 Å². The van der Waals surface area contributed by atoms with Crippen molar-refractivity contribution in [3.8, 4) is 22.5 Å². The first-order valence-corrected chi connectivity index (χ1v) is 13.8. The van der Waals surface area contributed by atoms with Crippen molar-refractivity contribution in [2.75, 3.05) is 13.1 Å². The smallest absolute Gasteiger partial charge is 0.475 e. The molecule has 0 unspecified atom stereocenters. The fraction of sp³-hybridized carbons (Fsp3) is 0.190. The molecule has 1 aliphatic heterocycles. The predicted molar refractivity (Wildman–Crippen MR) is 129 cm³/mol. The number of halogens is 3. The van der Waals surface area contributed by atoms with Gasteiger partial charge in [-0.25, -0.2) is 26.8 Å². The Morgan fingerprint density at radius 3 is 2.28 bits per heavy atom. The number of nitrogens with two attached hydrogens (primary N) is 1. The fourth-order valence-electron chi connectivity index (χ4n) is 3.68. The van der Waals surface area contributed by atoms with Crippen LogP contribution in [0.1, 0.15) is 0 Å². The molecule has 1 saturated heterocycles. The minimum Gasteiger partial charge on any atom is -0.475 e. The zero-order valence-electron chi connectivity index (χ0n) is 19.4. The van der Waals surface area contributed by atoms with Gasteiger partial charge in [0, 0.05) is 30.2 Å². The first-order chi connectivity index (χ1) is 18.2. The van der Waals surface area contributed by atoms with Crippen LogP contribution in [0.3, 0.4) is 0 Å². The molecule has 0 radical (unpaired) electrons. The molecule has 1 aliphatic rings. The van der Waals surface area contributed by atoms with Gasteiger partial charge in [-0.1, -0.05) is 24.3 Å². The highest BCUT2D eigenvalue weighted by molar-refractivity contribution is 7.94. The number of tetrazole rings is 1. The number of nitrogens with zero attached hydrogens (tertiary/aromatic N) is 4. The number of aromatic amines is 1. The number of hydrogen-bond donors (Lipinski definition) is 4. The maximum Gasteiger partial charge on any atom is 0.490 e. The van der Waals surface area contributed by atoms with Gasteiger partial charge in [-0.2, -0.15) is 18.4 Å². The van der Waals surface area contributed by atoms with Gasteiger partial charge in [0.1, 0.15) is 4.90 Å². The number of nitrogens with one attached hydrogen (secondary N) is 2. The van der Waals surface area contributed by atoms with Crippen molar-refractivity contribution in [1.82, 2.24) is 30.9 Å². The van der Waals surface area contributed by atoms with Crippen molar-refractivity contribution in [2.45, 2.75) is 21.2 Å².